The Bertz CT molecular complexity index is 475. The lowest BCUT2D eigenvalue weighted by Gasteiger charge is -2.11. The Morgan fingerprint density at radius 1 is 1.21 bits per heavy atom. The molecule has 1 fully saturated rings. The number of carbonyl (C=O) groups is 1. The maximum Gasteiger partial charge on any atom is 0.254 e. The van der Waals surface area contributed by atoms with Gasteiger partial charge in [0.25, 0.3) is 5.91 Å². The molecule has 19 heavy (non-hydrogen) atoms. The second-order valence-electron chi connectivity index (χ2n) is 6.65. The molecular weight excluding hydrogens is 238 g/mol. The van der Waals surface area contributed by atoms with Crippen LogP contribution in [0.3, 0.4) is 0 Å². The minimum absolute atomic E-state index is 0.0221. The summed E-state index contributed by atoms with van der Waals surface area (Å²) in [5, 5.41) is 3.46. The second kappa shape index (κ2) is 4.22. The van der Waals surface area contributed by atoms with Crippen molar-refractivity contribution in [3.05, 3.63) is 23.9 Å². The molecule has 1 aliphatic rings. The maximum absolute atomic E-state index is 11.8. The van der Waals surface area contributed by atoms with E-state index >= 15 is 0 Å². The minimum Gasteiger partial charge on any atom is -0.366 e. The highest BCUT2D eigenvalue weighted by atomic mass is 16.2. The van der Waals surface area contributed by atoms with Gasteiger partial charge in [-0.2, -0.15) is 0 Å². The second-order valence-corrected chi connectivity index (χ2v) is 6.65. The number of nitrogens with zero attached hydrogens (tertiary/aromatic N) is 2. The molecule has 0 unspecified atom stereocenters. The molecule has 4 nitrogen and oxygen atoms in total. The average Bonchev–Trinajstić information content (AvgIpc) is 2.71. The van der Waals surface area contributed by atoms with Crippen molar-refractivity contribution in [2.45, 2.75) is 33.7 Å². The third-order valence-electron chi connectivity index (χ3n) is 4.73. The quantitative estimate of drug-likeness (QED) is 0.909. The number of carbonyl (C=O) groups excluding carboxylic acids is 1. The van der Waals surface area contributed by atoms with Gasteiger partial charge < -0.3 is 10.2 Å². The highest BCUT2D eigenvalue weighted by Crippen LogP contribution is 2.63. The summed E-state index contributed by atoms with van der Waals surface area (Å²) < 4.78 is 0. The van der Waals surface area contributed by atoms with E-state index in [4.69, 9.17) is 0 Å². The van der Waals surface area contributed by atoms with Gasteiger partial charge in [0.15, 0.2) is 0 Å². The molecule has 1 N–H and O–H groups in total. The maximum atomic E-state index is 11.8. The van der Waals surface area contributed by atoms with Crippen LogP contribution in [-0.4, -0.2) is 35.9 Å². The lowest BCUT2D eigenvalue weighted by molar-refractivity contribution is 0.0827. The van der Waals surface area contributed by atoms with E-state index in [2.05, 4.69) is 38.0 Å². The first-order chi connectivity index (χ1) is 8.68. The summed E-state index contributed by atoms with van der Waals surface area (Å²) in [5.41, 5.74) is 1.16. The summed E-state index contributed by atoms with van der Waals surface area (Å²) in [4.78, 5) is 17.6. The van der Waals surface area contributed by atoms with Crippen molar-refractivity contribution in [3.8, 4) is 0 Å². The van der Waals surface area contributed by atoms with Crippen LogP contribution >= 0.6 is 0 Å². The SMILES string of the molecule is CN(C)C(=O)c1ccc(NC2C(C)(C)C2(C)C)nc1. The van der Waals surface area contributed by atoms with Crippen molar-refractivity contribution in [1.29, 1.82) is 0 Å². The van der Waals surface area contributed by atoms with Crippen LogP contribution in [0.15, 0.2) is 18.3 Å². The first-order valence-corrected chi connectivity index (χ1v) is 6.62. The molecule has 1 saturated carbocycles. The van der Waals surface area contributed by atoms with Crippen LogP contribution in [0.4, 0.5) is 5.82 Å². The van der Waals surface area contributed by atoms with Gasteiger partial charge in [0, 0.05) is 26.3 Å². The summed E-state index contributed by atoms with van der Waals surface area (Å²) in [7, 11) is 3.48. The van der Waals surface area contributed by atoms with Crippen molar-refractivity contribution >= 4 is 11.7 Å². The van der Waals surface area contributed by atoms with Crippen LogP contribution < -0.4 is 5.32 Å². The van der Waals surface area contributed by atoms with Crippen molar-refractivity contribution in [1.82, 2.24) is 9.88 Å². The van der Waals surface area contributed by atoms with E-state index in [1.165, 1.54) is 0 Å². The number of amides is 1. The van der Waals surface area contributed by atoms with E-state index in [1.54, 1.807) is 25.2 Å². The molecule has 1 heterocycles. The van der Waals surface area contributed by atoms with Gasteiger partial charge >= 0.3 is 0 Å². The number of rotatable bonds is 3. The molecule has 104 valence electrons. The van der Waals surface area contributed by atoms with Crippen LogP contribution in [0.25, 0.3) is 0 Å². The number of anilines is 1. The normalized spacial score (nSPS) is 19.9. The molecule has 1 amide bonds. The summed E-state index contributed by atoms with van der Waals surface area (Å²) in [6, 6.07) is 4.12. The number of pyridine rings is 1. The summed E-state index contributed by atoms with van der Waals surface area (Å²) in [6.07, 6.45) is 1.63. The van der Waals surface area contributed by atoms with Crippen molar-refractivity contribution in [2.75, 3.05) is 19.4 Å². The smallest absolute Gasteiger partial charge is 0.254 e. The molecule has 0 saturated heterocycles. The van der Waals surface area contributed by atoms with E-state index in [-0.39, 0.29) is 16.7 Å². The lowest BCUT2D eigenvalue weighted by Crippen LogP contribution is -2.22. The fraction of sp³-hybridized carbons (Fsp3) is 0.600. The zero-order chi connectivity index (χ0) is 14.4. The topological polar surface area (TPSA) is 45.2 Å². The third kappa shape index (κ3) is 2.20. The van der Waals surface area contributed by atoms with Crippen molar-refractivity contribution in [3.63, 3.8) is 0 Å². The Hall–Kier alpha value is -1.58. The van der Waals surface area contributed by atoms with Crippen LogP contribution in [0, 0.1) is 10.8 Å². The zero-order valence-electron chi connectivity index (χ0n) is 12.6. The Morgan fingerprint density at radius 2 is 1.79 bits per heavy atom. The molecule has 2 rings (SSSR count). The first-order valence-electron chi connectivity index (χ1n) is 6.62. The number of nitrogens with one attached hydrogen (secondary N) is 1. The largest absolute Gasteiger partial charge is 0.366 e. The lowest BCUT2D eigenvalue weighted by atomic mass is 10.0. The summed E-state index contributed by atoms with van der Waals surface area (Å²) in [5.74, 6) is 0.810. The predicted octanol–water partition coefficient (Wildman–Crippen LogP) is 2.63. The van der Waals surface area contributed by atoms with Gasteiger partial charge in [-0.1, -0.05) is 27.7 Å². The summed E-state index contributed by atoms with van der Waals surface area (Å²) in [6.45, 7) is 9.03. The van der Waals surface area contributed by atoms with E-state index in [0.717, 1.165) is 5.82 Å². The molecule has 1 aromatic heterocycles. The van der Waals surface area contributed by atoms with Gasteiger partial charge in [0.1, 0.15) is 5.82 Å². The minimum atomic E-state index is -0.0221. The monoisotopic (exact) mass is 261 g/mol. The molecule has 0 aliphatic heterocycles. The Morgan fingerprint density at radius 3 is 2.16 bits per heavy atom. The van der Waals surface area contributed by atoms with Crippen LogP contribution in [0.5, 0.6) is 0 Å². The van der Waals surface area contributed by atoms with Gasteiger partial charge in [-0.3, -0.25) is 4.79 Å². The van der Waals surface area contributed by atoms with Gasteiger partial charge in [-0.25, -0.2) is 4.98 Å². The van der Waals surface area contributed by atoms with Crippen molar-refractivity contribution in [2.24, 2.45) is 10.8 Å². The highest BCUT2D eigenvalue weighted by Gasteiger charge is 2.65. The van der Waals surface area contributed by atoms with E-state index in [1.807, 2.05) is 12.1 Å². The number of hydrogen-bond donors (Lipinski definition) is 1. The number of aromatic nitrogens is 1. The van der Waals surface area contributed by atoms with E-state index < -0.39 is 0 Å². The fourth-order valence-corrected chi connectivity index (χ4v) is 2.57. The van der Waals surface area contributed by atoms with Crippen molar-refractivity contribution < 1.29 is 4.79 Å². The fourth-order valence-electron chi connectivity index (χ4n) is 2.57. The molecule has 0 radical (unpaired) electrons. The number of hydrogen-bond acceptors (Lipinski definition) is 3. The van der Waals surface area contributed by atoms with Crippen LogP contribution in [0.1, 0.15) is 38.1 Å². The molecule has 0 atom stereocenters. The first kappa shape index (κ1) is 13.8. The Balaban J connectivity index is 2.07. The highest BCUT2D eigenvalue weighted by molar-refractivity contribution is 5.93. The molecule has 4 heteroatoms. The molecule has 0 bridgehead atoms. The standard InChI is InChI=1S/C15H23N3O/c1-14(2)13(15(14,3)4)17-11-8-7-10(9-16-11)12(19)18(5)6/h7-9,13H,1-6H3,(H,16,17). The predicted molar refractivity (Wildman–Crippen MR) is 77.2 cm³/mol. The Labute approximate surface area is 115 Å². The van der Waals surface area contributed by atoms with Crippen LogP contribution in [-0.2, 0) is 0 Å². The average molecular weight is 261 g/mol. The zero-order valence-corrected chi connectivity index (χ0v) is 12.6. The molecule has 0 spiro atoms. The Kier molecular flexibility index (Phi) is 3.07. The van der Waals surface area contributed by atoms with Gasteiger partial charge in [0.2, 0.25) is 0 Å². The molecule has 1 aromatic rings. The van der Waals surface area contributed by atoms with Gasteiger partial charge in [-0.15, -0.1) is 0 Å². The van der Waals surface area contributed by atoms with Crippen LogP contribution in [0.2, 0.25) is 0 Å². The molecule has 0 aromatic carbocycles. The summed E-state index contributed by atoms with van der Waals surface area (Å²) >= 11 is 0. The van der Waals surface area contributed by atoms with E-state index in [0.29, 0.717) is 11.6 Å². The van der Waals surface area contributed by atoms with Gasteiger partial charge in [-0.05, 0) is 23.0 Å². The molecule has 1 aliphatic carbocycles. The van der Waals surface area contributed by atoms with E-state index in [9.17, 15) is 4.79 Å². The van der Waals surface area contributed by atoms with Gasteiger partial charge in [0.05, 0.1) is 5.56 Å². The third-order valence-corrected chi connectivity index (χ3v) is 4.73. The molecular formula is C15H23N3O.